The smallest absolute Gasteiger partial charge is 0.223 e. The number of carbonyl (C=O) groups is 2. The lowest BCUT2D eigenvalue weighted by Crippen LogP contribution is -2.42. The summed E-state index contributed by atoms with van der Waals surface area (Å²) in [5.41, 5.74) is 0.876. The Morgan fingerprint density at radius 1 is 1.12 bits per heavy atom. The first-order valence-corrected chi connectivity index (χ1v) is 11.2. The van der Waals surface area contributed by atoms with Crippen molar-refractivity contribution in [2.24, 2.45) is 0 Å². The average molecular weight is 483 g/mol. The lowest BCUT2D eigenvalue weighted by Gasteiger charge is -2.25. The molecule has 1 N–H and O–H groups in total. The molecule has 0 saturated carbocycles. The molecular weight excluding hydrogens is 454 g/mol. The van der Waals surface area contributed by atoms with Crippen LogP contribution in [0, 0.1) is 5.82 Å². The maximum atomic E-state index is 14.3. The Labute approximate surface area is 198 Å². The van der Waals surface area contributed by atoms with E-state index in [0.717, 1.165) is 5.56 Å². The molecule has 0 unspecified atom stereocenters. The minimum Gasteiger partial charge on any atom is -0.490 e. The van der Waals surface area contributed by atoms with Gasteiger partial charge in [-0.15, -0.1) is 0 Å². The maximum absolute atomic E-state index is 14.3. The van der Waals surface area contributed by atoms with Gasteiger partial charge in [0.25, 0.3) is 0 Å². The first kappa shape index (κ1) is 26.1. The number of Topliss-reactive ketones (excluding diaryl/α,β-unsaturated/α-hetero) is 1. The summed E-state index contributed by atoms with van der Waals surface area (Å²) in [6.45, 7) is 3.90. The van der Waals surface area contributed by atoms with Crippen LogP contribution in [-0.2, 0) is 11.2 Å². The van der Waals surface area contributed by atoms with Gasteiger partial charge < -0.3 is 15.0 Å². The molecule has 2 rings (SSSR count). The van der Waals surface area contributed by atoms with Crippen LogP contribution in [0.1, 0.15) is 42.6 Å². The van der Waals surface area contributed by atoms with E-state index in [1.165, 1.54) is 12.1 Å². The van der Waals surface area contributed by atoms with Gasteiger partial charge in [0.2, 0.25) is 5.91 Å². The molecule has 0 aromatic heterocycles. The predicted octanol–water partition coefficient (Wildman–Crippen LogP) is 5.17. The number of ketones is 1. The number of hydrogen-bond acceptors (Lipinski definition) is 4. The zero-order valence-corrected chi connectivity index (χ0v) is 20.3. The first-order chi connectivity index (χ1) is 15.1. The summed E-state index contributed by atoms with van der Waals surface area (Å²) >= 11 is 11.9. The van der Waals surface area contributed by atoms with Gasteiger partial charge in [-0.05, 0) is 57.3 Å². The Balaban J connectivity index is 1.90. The van der Waals surface area contributed by atoms with Gasteiger partial charge >= 0.3 is 0 Å². The Hall–Kier alpha value is -2.15. The quantitative estimate of drug-likeness (QED) is 0.448. The summed E-state index contributed by atoms with van der Waals surface area (Å²) in [5.74, 6) is -0.343. The fraction of sp³-hybridized carbons (Fsp3) is 0.417. The second kappa shape index (κ2) is 12.2. The van der Waals surface area contributed by atoms with Crippen molar-refractivity contribution in [3.63, 3.8) is 0 Å². The van der Waals surface area contributed by atoms with E-state index in [2.05, 4.69) is 5.32 Å². The number of amides is 1. The molecule has 32 heavy (non-hydrogen) atoms. The van der Waals surface area contributed by atoms with Crippen molar-refractivity contribution in [3.05, 3.63) is 63.4 Å². The Morgan fingerprint density at radius 3 is 2.44 bits per heavy atom. The average Bonchev–Trinajstić information content (AvgIpc) is 2.73. The minimum absolute atomic E-state index is 0.0441. The molecule has 0 spiro atoms. The summed E-state index contributed by atoms with van der Waals surface area (Å²) in [4.78, 5) is 26.1. The molecule has 2 aromatic rings. The van der Waals surface area contributed by atoms with Crippen LogP contribution < -0.4 is 10.1 Å². The van der Waals surface area contributed by atoms with Crippen LogP contribution >= 0.6 is 23.2 Å². The first-order valence-electron chi connectivity index (χ1n) is 10.5. The summed E-state index contributed by atoms with van der Waals surface area (Å²) in [6.07, 6.45) is 0.599. The Bertz CT molecular complexity index is 953. The third kappa shape index (κ3) is 7.76. The molecule has 0 aliphatic carbocycles. The van der Waals surface area contributed by atoms with E-state index >= 15 is 0 Å². The van der Waals surface area contributed by atoms with Crippen LogP contribution in [0.3, 0.4) is 0 Å². The fourth-order valence-electron chi connectivity index (χ4n) is 3.20. The highest BCUT2D eigenvalue weighted by Crippen LogP contribution is 2.27. The van der Waals surface area contributed by atoms with Crippen LogP contribution in [0.2, 0.25) is 10.0 Å². The molecular formula is C24H29Cl2FN2O3. The van der Waals surface area contributed by atoms with E-state index in [4.69, 9.17) is 27.9 Å². The van der Waals surface area contributed by atoms with Crippen LogP contribution in [0.5, 0.6) is 5.75 Å². The second-order valence-corrected chi connectivity index (χ2v) is 8.74. The zero-order valence-electron chi connectivity index (χ0n) is 18.8. The van der Waals surface area contributed by atoms with E-state index in [0.29, 0.717) is 28.8 Å². The van der Waals surface area contributed by atoms with Crippen LogP contribution in [0.15, 0.2) is 36.4 Å². The van der Waals surface area contributed by atoms with Crippen LogP contribution in [-0.4, -0.2) is 49.4 Å². The lowest BCUT2D eigenvalue weighted by atomic mass is 10.0. The lowest BCUT2D eigenvalue weighted by molar-refractivity contribution is -0.122. The molecule has 0 heterocycles. The van der Waals surface area contributed by atoms with Crippen molar-refractivity contribution in [2.75, 3.05) is 20.6 Å². The number of nitrogens with one attached hydrogen (secondary N) is 1. The monoisotopic (exact) mass is 482 g/mol. The van der Waals surface area contributed by atoms with E-state index in [1.54, 1.807) is 38.1 Å². The topological polar surface area (TPSA) is 58.6 Å². The summed E-state index contributed by atoms with van der Waals surface area (Å²) in [5, 5.41) is 3.74. The predicted molar refractivity (Wildman–Crippen MR) is 126 cm³/mol. The zero-order chi connectivity index (χ0) is 23.8. The molecule has 0 saturated heterocycles. The Morgan fingerprint density at radius 2 is 1.84 bits per heavy atom. The van der Waals surface area contributed by atoms with Gasteiger partial charge in [0.1, 0.15) is 17.7 Å². The van der Waals surface area contributed by atoms with E-state index in [-0.39, 0.29) is 42.2 Å². The largest absolute Gasteiger partial charge is 0.490 e. The SMILES string of the molecule is CCC(=O)c1ccc(C[C@@H](CNC(=O)C[C@H](C)Oc2ccc(Cl)c(Cl)c2)N(C)C)cc1F. The molecule has 8 heteroatoms. The number of halogens is 3. The number of ether oxygens (including phenoxy) is 1. The van der Waals surface area contributed by atoms with E-state index in [1.807, 2.05) is 19.0 Å². The molecule has 1 amide bonds. The number of hydrogen-bond donors (Lipinski definition) is 1. The summed E-state index contributed by atoms with van der Waals surface area (Å²) in [6, 6.07) is 9.59. The number of nitrogens with zero attached hydrogens (tertiary/aromatic N) is 1. The highest BCUT2D eigenvalue weighted by Gasteiger charge is 2.18. The van der Waals surface area contributed by atoms with Crippen molar-refractivity contribution >= 4 is 34.9 Å². The van der Waals surface area contributed by atoms with Crippen LogP contribution in [0.4, 0.5) is 4.39 Å². The van der Waals surface area contributed by atoms with Crippen molar-refractivity contribution < 1.29 is 18.7 Å². The molecule has 0 radical (unpaired) electrons. The number of carbonyl (C=O) groups excluding carboxylic acids is 2. The van der Waals surface area contributed by atoms with Crippen molar-refractivity contribution in [3.8, 4) is 5.75 Å². The third-order valence-corrected chi connectivity index (χ3v) is 5.83. The third-order valence-electron chi connectivity index (χ3n) is 5.09. The molecule has 2 atom stereocenters. The van der Waals surface area contributed by atoms with Crippen molar-refractivity contribution in [2.45, 2.75) is 45.3 Å². The minimum atomic E-state index is -0.510. The molecule has 2 aromatic carbocycles. The number of rotatable bonds is 11. The standard InChI is InChI=1S/C24H29Cl2FN2O3/c1-5-23(30)19-8-6-16(12-22(19)27)11-17(29(3)4)14-28-24(31)10-15(2)32-18-7-9-20(25)21(26)13-18/h6-9,12-13,15,17H,5,10-11,14H2,1-4H3,(H,28,31)/t15-,17-/m0/s1. The second-order valence-electron chi connectivity index (χ2n) is 7.93. The van der Waals surface area contributed by atoms with Gasteiger partial charge in [-0.1, -0.05) is 36.2 Å². The highest BCUT2D eigenvalue weighted by molar-refractivity contribution is 6.42. The van der Waals surface area contributed by atoms with Crippen molar-refractivity contribution in [1.29, 1.82) is 0 Å². The van der Waals surface area contributed by atoms with Gasteiger partial charge in [0.15, 0.2) is 5.78 Å². The molecule has 0 bridgehead atoms. The normalized spacial score (nSPS) is 13.0. The fourth-order valence-corrected chi connectivity index (χ4v) is 3.49. The van der Waals surface area contributed by atoms with Crippen LogP contribution in [0.25, 0.3) is 0 Å². The molecule has 0 fully saturated rings. The Kier molecular flexibility index (Phi) is 9.94. The maximum Gasteiger partial charge on any atom is 0.223 e. The van der Waals surface area contributed by atoms with Crippen molar-refractivity contribution in [1.82, 2.24) is 10.2 Å². The molecule has 0 aliphatic rings. The summed E-state index contributed by atoms with van der Waals surface area (Å²) < 4.78 is 20.0. The van der Waals surface area contributed by atoms with Gasteiger partial charge in [0, 0.05) is 25.1 Å². The van der Waals surface area contributed by atoms with Gasteiger partial charge in [-0.2, -0.15) is 0 Å². The van der Waals surface area contributed by atoms with E-state index < -0.39 is 5.82 Å². The molecule has 5 nitrogen and oxygen atoms in total. The van der Waals surface area contributed by atoms with Gasteiger partial charge in [-0.25, -0.2) is 4.39 Å². The molecule has 174 valence electrons. The number of benzene rings is 2. The number of likely N-dealkylation sites (N-methyl/N-ethyl adjacent to an activating group) is 1. The highest BCUT2D eigenvalue weighted by atomic mass is 35.5. The van der Waals surface area contributed by atoms with Gasteiger partial charge in [0.05, 0.1) is 22.0 Å². The van der Waals surface area contributed by atoms with E-state index in [9.17, 15) is 14.0 Å². The summed E-state index contributed by atoms with van der Waals surface area (Å²) in [7, 11) is 3.80. The van der Waals surface area contributed by atoms with Gasteiger partial charge in [-0.3, -0.25) is 9.59 Å². The molecule has 0 aliphatic heterocycles.